The molecule has 0 saturated heterocycles. The number of benzene rings is 1. The number of carbonyl (C=O) groups excluding carboxylic acids is 1. The third-order valence-electron chi connectivity index (χ3n) is 3.00. The number of nitrogens with one attached hydrogen (secondary N) is 1. The molecular weight excluding hydrogens is 230 g/mol. The van der Waals surface area contributed by atoms with E-state index in [9.17, 15) is 4.79 Å². The standard InChI is InChI=1S/C14H21NO3/c1-5-15-14(2,10-13(16)18-4)11-7-6-8-12(9-11)17-3/h6-9,15H,5,10H2,1-4H3. The molecule has 0 spiro atoms. The molecule has 0 saturated carbocycles. The molecule has 1 rings (SSSR count). The average molecular weight is 251 g/mol. The number of rotatable bonds is 6. The van der Waals surface area contributed by atoms with Crippen LogP contribution >= 0.6 is 0 Å². The smallest absolute Gasteiger partial charge is 0.307 e. The van der Waals surface area contributed by atoms with Crippen molar-refractivity contribution in [3.8, 4) is 5.75 Å². The van der Waals surface area contributed by atoms with Gasteiger partial charge in [-0.2, -0.15) is 0 Å². The SMILES string of the molecule is CCNC(C)(CC(=O)OC)c1cccc(OC)c1. The first-order valence-electron chi connectivity index (χ1n) is 6.02. The molecule has 100 valence electrons. The third-order valence-corrected chi connectivity index (χ3v) is 3.00. The molecule has 18 heavy (non-hydrogen) atoms. The van der Waals surface area contributed by atoms with E-state index >= 15 is 0 Å². The highest BCUT2D eigenvalue weighted by atomic mass is 16.5. The Bertz CT molecular complexity index is 406. The van der Waals surface area contributed by atoms with Crippen molar-refractivity contribution < 1.29 is 14.3 Å². The van der Waals surface area contributed by atoms with Gasteiger partial charge in [-0.15, -0.1) is 0 Å². The molecule has 4 nitrogen and oxygen atoms in total. The van der Waals surface area contributed by atoms with Crippen molar-refractivity contribution in [2.75, 3.05) is 20.8 Å². The number of ether oxygens (including phenoxy) is 2. The summed E-state index contributed by atoms with van der Waals surface area (Å²) in [5.41, 5.74) is 0.560. The van der Waals surface area contributed by atoms with Gasteiger partial charge in [0.1, 0.15) is 5.75 Å². The molecule has 0 bridgehead atoms. The lowest BCUT2D eigenvalue weighted by Gasteiger charge is -2.30. The van der Waals surface area contributed by atoms with Crippen molar-refractivity contribution in [1.29, 1.82) is 0 Å². The van der Waals surface area contributed by atoms with Crippen molar-refractivity contribution in [2.45, 2.75) is 25.8 Å². The van der Waals surface area contributed by atoms with Crippen LogP contribution in [0.15, 0.2) is 24.3 Å². The molecule has 0 aromatic heterocycles. The quantitative estimate of drug-likeness (QED) is 0.786. The Balaban J connectivity index is 3.04. The molecule has 0 aliphatic carbocycles. The van der Waals surface area contributed by atoms with Crippen LogP contribution in [0.25, 0.3) is 0 Å². The minimum atomic E-state index is -0.448. The average Bonchev–Trinajstić information content (AvgIpc) is 2.39. The summed E-state index contributed by atoms with van der Waals surface area (Å²) >= 11 is 0. The summed E-state index contributed by atoms with van der Waals surface area (Å²) in [5.74, 6) is 0.544. The molecule has 1 aromatic carbocycles. The van der Waals surface area contributed by atoms with E-state index in [1.54, 1.807) is 7.11 Å². The van der Waals surface area contributed by atoms with Crippen LogP contribution in [-0.4, -0.2) is 26.7 Å². The fourth-order valence-electron chi connectivity index (χ4n) is 1.98. The summed E-state index contributed by atoms with van der Waals surface area (Å²) in [5, 5.41) is 3.34. The molecule has 1 N–H and O–H groups in total. The predicted molar refractivity (Wildman–Crippen MR) is 70.7 cm³/mol. The van der Waals surface area contributed by atoms with Gasteiger partial charge in [0.2, 0.25) is 0 Å². The molecule has 0 aliphatic heterocycles. The number of hydrogen-bond donors (Lipinski definition) is 1. The Morgan fingerprint density at radius 3 is 2.67 bits per heavy atom. The van der Waals surface area contributed by atoms with Gasteiger partial charge in [0.05, 0.1) is 26.2 Å². The summed E-state index contributed by atoms with van der Waals surface area (Å²) in [6.45, 7) is 4.77. The van der Waals surface area contributed by atoms with Gasteiger partial charge in [-0.25, -0.2) is 0 Å². The van der Waals surface area contributed by atoms with Crippen LogP contribution in [0.3, 0.4) is 0 Å². The topological polar surface area (TPSA) is 47.6 Å². The van der Waals surface area contributed by atoms with Crippen molar-refractivity contribution in [3.05, 3.63) is 29.8 Å². The molecule has 0 aliphatic rings. The van der Waals surface area contributed by atoms with Crippen LogP contribution in [0.2, 0.25) is 0 Å². The maximum absolute atomic E-state index is 11.5. The van der Waals surface area contributed by atoms with Gasteiger partial charge in [0.25, 0.3) is 0 Å². The summed E-state index contributed by atoms with van der Waals surface area (Å²) in [4.78, 5) is 11.5. The molecule has 0 amide bonds. The van der Waals surface area contributed by atoms with Gasteiger partial charge in [-0.05, 0) is 31.2 Å². The summed E-state index contributed by atoms with van der Waals surface area (Å²) in [6.07, 6.45) is 0.282. The molecule has 4 heteroatoms. The van der Waals surface area contributed by atoms with Crippen molar-refractivity contribution in [1.82, 2.24) is 5.32 Å². The van der Waals surface area contributed by atoms with E-state index in [1.807, 2.05) is 38.1 Å². The van der Waals surface area contributed by atoms with Gasteiger partial charge in [0, 0.05) is 0 Å². The Hall–Kier alpha value is -1.55. The second-order valence-electron chi connectivity index (χ2n) is 4.35. The first-order valence-corrected chi connectivity index (χ1v) is 6.02. The highest BCUT2D eigenvalue weighted by Crippen LogP contribution is 2.27. The first-order chi connectivity index (χ1) is 8.55. The van der Waals surface area contributed by atoms with E-state index < -0.39 is 5.54 Å². The summed E-state index contributed by atoms with van der Waals surface area (Å²) in [7, 11) is 3.03. The second kappa shape index (κ2) is 6.40. The summed E-state index contributed by atoms with van der Waals surface area (Å²) in [6, 6.07) is 7.72. The van der Waals surface area contributed by atoms with Crippen molar-refractivity contribution in [2.24, 2.45) is 0 Å². The molecule has 1 unspecified atom stereocenters. The van der Waals surface area contributed by atoms with Gasteiger partial charge in [0.15, 0.2) is 0 Å². The van der Waals surface area contributed by atoms with Crippen molar-refractivity contribution >= 4 is 5.97 Å². The Labute approximate surface area is 108 Å². The van der Waals surface area contributed by atoms with Crippen molar-refractivity contribution in [3.63, 3.8) is 0 Å². The summed E-state index contributed by atoms with van der Waals surface area (Å²) < 4.78 is 9.98. The van der Waals surface area contributed by atoms with Crippen LogP contribution < -0.4 is 10.1 Å². The second-order valence-corrected chi connectivity index (χ2v) is 4.35. The molecule has 0 fully saturated rings. The number of carbonyl (C=O) groups is 1. The first kappa shape index (κ1) is 14.5. The molecular formula is C14H21NO3. The van der Waals surface area contributed by atoms with Crippen LogP contribution in [0.4, 0.5) is 0 Å². The van der Waals surface area contributed by atoms with Gasteiger partial charge >= 0.3 is 5.97 Å². The van der Waals surface area contributed by atoms with E-state index in [-0.39, 0.29) is 12.4 Å². The number of methoxy groups -OCH3 is 2. The molecule has 0 heterocycles. The largest absolute Gasteiger partial charge is 0.497 e. The van der Waals surface area contributed by atoms with E-state index in [4.69, 9.17) is 9.47 Å². The minimum Gasteiger partial charge on any atom is -0.497 e. The van der Waals surface area contributed by atoms with Crippen LogP contribution in [0.5, 0.6) is 5.75 Å². The Morgan fingerprint density at radius 1 is 1.39 bits per heavy atom. The lowest BCUT2D eigenvalue weighted by molar-refractivity contribution is -0.142. The monoisotopic (exact) mass is 251 g/mol. The van der Waals surface area contributed by atoms with E-state index in [0.717, 1.165) is 17.9 Å². The zero-order chi connectivity index (χ0) is 13.6. The van der Waals surface area contributed by atoms with E-state index in [2.05, 4.69) is 5.32 Å². The van der Waals surface area contributed by atoms with Crippen LogP contribution in [-0.2, 0) is 15.1 Å². The maximum Gasteiger partial charge on any atom is 0.307 e. The van der Waals surface area contributed by atoms with E-state index in [1.165, 1.54) is 7.11 Å². The highest BCUT2D eigenvalue weighted by molar-refractivity contribution is 5.71. The molecule has 0 radical (unpaired) electrons. The fourth-order valence-corrected chi connectivity index (χ4v) is 1.98. The third kappa shape index (κ3) is 3.47. The Kier molecular flexibility index (Phi) is 5.16. The Morgan fingerprint density at radius 2 is 2.11 bits per heavy atom. The number of hydrogen-bond acceptors (Lipinski definition) is 4. The molecule has 1 aromatic rings. The lowest BCUT2D eigenvalue weighted by Crippen LogP contribution is -2.41. The van der Waals surface area contributed by atoms with Crippen LogP contribution in [0, 0.1) is 0 Å². The highest BCUT2D eigenvalue weighted by Gasteiger charge is 2.29. The van der Waals surface area contributed by atoms with Gasteiger partial charge in [-0.3, -0.25) is 4.79 Å². The molecule has 1 atom stereocenters. The van der Waals surface area contributed by atoms with Crippen LogP contribution in [0.1, 0.15) is 25.8 Å². The zero-order valence-electron chi connectivity index (χ0n) is 11.4. The van der Waals surface area contributed by atoms with E-state index in [0.29, 0.717) is 0 Å². The van der Waals surface area contributed by atoms with Gasteiger partial charge in [-0.1, -0.05) is 19.1 Å². The normalized spacial score (nSPS) is 13.8. The fraction of sp³-hybridized carbons (Fsp3) is 0.500. The minimum absolute atomic E-state index is 0.235. The lowest BCUT2D eigenvalue weighted by atomic mass is 9.88. The maximum atomic E-state index is 11.5. The zero-order valence-corrected chi connectivity index (χ0v) is 11.4. The predicted octanol–water partition coefficient (Wildman–Crippen LogP) is 2.08. The van der Waals surface area contributed by atoms with Gasteiger partial charge < -0.3 is 14.8 Å². The number of esters is 1.